The van der Waals surface area contributed by atoms with Crippen LogP contribution in [-0.2, 0) is 19.1 Å². The highest BCUT2D eigenvalue weighted by molar-refractivity contribution is 5.87. The van der Waals surface area contributed by atoms with E-state index in [4.69, 9.17) is 14.2 Å². The number of methoxy groups -OCH3 is 2. The molecule has 0 aromatic heterocycles. The topological polar surface area (TPSA) is 144 Å². The normalized spacial score (nSPS) is 26.8. The number of hydrogen-bond acceptors (Lipinski definition) is 9. The van der Waals surface area contributed by atoms with Crippen LogP contribution in [0.2, 0.25) is 0 Å². The Morgan fingerprint density at radius 3 is 2.52 bits per heavy atom. The van der Waals surface area contributed by atoms with Gasteiger partial charge in [-0.25, -0.2) is 4.79 Å². The number of hydrogen-bond donors (Lipinski definition) is 4. The Hall–Kier alpha value is -2.66. The molecule has 0 bridgehead atoms. The maximum Gasteiger partial charge on any atom is 0.330 e. The van der Waals surface area contributed by atoms with E-state index in [1.54, 1.807) is 18.2 Å². The molecule has 1 aromatic rings. The predicted octanol–water partition coefficient (Wildman–Crippen LogP) is -0.796. The van der Waals surface area contributed by atoms with Gasteiger partial charge in [-0.15, -0.1) is 0 Å². The standard InChI is InChI=1S/C19H25NO9/c1-10(22)20-16-18(25)17(24)14(9-21)29-19(16)28-12-6-4-11(8-13(12)26-2)5-7-15(23)27-3/h4-8,14,16-19,21,24-25H,9H2,1-3H3,(H,20,22)/b7-5+/t14-,16-,17+,18-,19-/m0/s1. The lowest BCUT2D eigenvalue weighted by molar-refractivity contribution is -0.244. The first-order valence-corrected chi connectivity index (χ1v) is 8.81. The number of aliphatic hydroxyl groups excluding tert-OH is 3. The van der Waals surface area contributed by atoms with Gasteiger partial charge in [0.25, 0.3) is 0 Å². The van der Waals surface area contributed by atoms with Gasteiger partial charge < -0.3 is 39.6 Å². The van der Waals surface area contributed by atoms with Crippen molar-refractivity contribution in [2.45, 2.75) is 37.6 Å². The smallest absolute Gasteiger partial charge is 0.330 e. The fourth-order valence-corrected chi connectivity index (χ4v) is 2.81. The van der Waals surface area contributed by atoms with Crippen LogP contribution in [0.3, 0.4) is 0 Å². The van der Waals surface area contributed by atoms with Crippen LogP contribution < -0.4 is 14.8 Å². The van der Waals surface area contributed by atoms with Gasteiger partial charge >= 0.3 is 5.97 Å². The number of carbonyl (C=O) groups is 2. The van der Waals surface area contributed by atoms with Crippen LogP contribution in [0.25, 0.3) is 6.08 Å². The predicted molar refractivity (Wildman–Crippen MR) is 100 cm³/mol. The third-order valence-electron chi connectivity index (χ3n) is 4.29. The zero-order valence-electron chi connectivity index (χ0n) is 16.3. The second-order valence-corrected chi connectivity index (χ2v) is 6.32. The minimum absolute atomic E-state index is 0.225. The maximum atomic E-state index is 11.5. The molecular weight excluding hydrogens is 386 g/mol. The summed E-state index contributed by atoms with van der Waals surface area (Å²) in [6, 6.07) is 3.70. The molecule has 2 rings (SSSR count). The number of ether oxygens (including phenoxy) is 4. The molecule has 1 aromatic carbocycles. The van der Waals surface area contributed by atoms with Gasteiger partial charge in [0.2, 0.25) is 12.2 Å². The molecule has 29 heavy (non-hydrogen) atoms. The minimum Gasteiger partial charge on any atom is -0.493 e. The molecule has 1 amide bonds. The van der Waals surface area contributed by atoms with Gasteiger partial charge in [0.05, 0.1) is 20.8 Å². The van der Waals surface area contributed by atoms with Crippen molar-refractivity contribution < 1.29 is 43.9 Å². The molecule has 0 unspecified atom stereocenters. The van der Waals surface area contributed by atoms with Crippen LogP contribution in [0.1, 0.15) is 12.5 Å². The van der Waals surface area contributed by atoms with E-state index < -0.39 is 49.1 Å². The van der Waals surface area contributed by atoms with E-state index in [9.17, 15) is 24.9 Å². The largest absolute Gasteiger partial charge is 0.493 e. The maximum absolute atomic E-state index is 11.5. The van der Waals surface area contributed by atoms with Gasteiger partial charge in [0.1, 0.15) is 24.4 Å². The third-order valence-corrected chi connectivity index (χ3v) is 4.29. The van der Waals surface area contributed by atoms with Crippen molar-refractivity contribution in [3.8, 4) is 11.5 Å². The van der Waals surface area contributed by atoms with E-state index in [1.165, 1.54) is 33.3 Å². The number of benzene rings is 1. The van der Waals surface area contributed by atoms with Crippen LogP contribution in [0.4, 0.5) is 0 Å². The van der Waals surface area contributed by atoms with Gasteiger partial charge in [-0.3, -0.25) is 4.79 Å². The first-order valence-electron chi connectivity index (χ1n) is 8.81. The van der Waals surface area contributed by atoms with Gasteiger partial charge in [-0.2, -0.15) is 0 Å². The van der Waals surface area contributed by atoms with E-state index in [1.807, 2.05) is 0 Å². The molecule has 10 nitrogen and oxygen atoms in total. The van der Waals surface area contributed by atoms with Crippen LogP contribution >= 0.6 is 0 Å². The summed E-state index contributed by atoms with van der Waals surface area (Å²) in [7, 11) is 2.68. The summed E-state index contributed by atoms with van der Waals surface area (Å²) in [6.45, 7) is 0.691. The Bertz CT molecular complexity index is 751. The zero-order valence-corrected chi connectivity index (χ0v) is 16.3. The molecule has 1 aliphatic heterocycles. The molecule has 1 saturated heterocycles. The number of rotatable bonds is 7. The van der Waals surface area contributed by atoms with E-state index in [-0.39, 0.29) is 5.75 Å². The first-order chi connectivity index (χ1) is 13.8. The highest BCUT2D eigenvalue weighted by Gasteiger charge is 2.46. The Kier molecular flexibility index (Phi) is 7.97. The summed E-state index contributed by atoms with van der Waals surface area (Å²) in [4.78, 5) is 22.7. The van der Waals surface area contributed by atoms with E-state index >= 15 is 0 Å². The van der Waals surface area contributed by atoms with Gasteiger partial charge in [-0.1, -0.05) is 6.07 Å². The highest BCUT2D eigenvalue weighted by Crippen LogP contribution is 2.32. The van der Waals surface area contributed by atoms with Gasteiger partial charge in [0.15, 0.2) is 11.5 Å². The number of aliphatic hydroxyl groups is 3. The molecule has 10 heteroatoms. The summed E-state index contributed by atoms with van der Waals surface area (Å²) in [6.07, 6.45) is -2.38. The Balaban J connectivity index is 2.27. The van der Waals surface area contributed by atoms with Crippen molar-refractivity contribution in [2.24, 2.45) is 0 Å². The number of esters is 1. The average molecular weight is 411 g/mol. The summed E-state index contributed by atoms with van der Waals surface area (Å²) in [5, 5.41) is 32.3. The molecular formula is C19H25NO9. The first kappa shape index (κ1) is 22.6. The molecule has 0 saturated carbocycles. The Morgan fingerprint density at radius 1 is 1.21 bits per heavy atom. The Labute approximate surface area is 167 Å². The fourth-order valence-electron chi connectivity index (χ4n) is 2.81. The number of nitrogens with one attached hydrogen (secondary N) is 1. The second-order valence-electron chi connectivity index (χ2n) is 6.32. The molecule has 0 aliphatic carbocycles. The summed E-state index contributed by atoms with van der Waals surface area (Å²) >= 11 is 0. The summed E-state index contributed by atoms with van der Waals surface area (Å²) < 4.78 is 21.2. The lowest BCUT2D eigenvalue weighted by Gasteiger charge is -2.42. The highest BCUT2D eigenvalue weighted by atomic mass is 16.7. The van der Waals surface area contributed by atoms with Crippen molar-refractivity contribution in [2.75, 3.05) is 20.8 Å². The fraction of sp³-hybridized carbons (Fsp3) is 0.474. The zero-order chi connectivity index (χ0) is 21.6. The number of carbonyl (C=O) groups excluding carboxylic acids is 2. The van der Waals surface area contributed by atoms with Gasteiger partial charge in [-0.05, 0) is 23.8 Å². The lowest BCUT2D eigenvalue weighted by atomic mass is 9.97. The molecule has 1 aliphatic rings. The lowest BCUT2D eigenvalue weighted by Crippen LogP contribution is -2.65. The van der Waals surface area contributed by atoms with E-state index in [2.05, 4.69) is 10.1 Å². The Morgan fingerprint density at radius 2 is 1.93 bits per heavy atom. The van der Waals surface area contributed by atoms with Crippen LogP contribution in [-0.4, -0.2) is 78.7 Å². The van der Waals surface area contributed by atoms with Crippen LogP contribution in [0, 0.1) is 0 Å². The van der Waals surface area contributed by atoms with Crippen LogP contribution in [0.15, 0.2) is 24.3 Å². The van der Waals surface area contributed by atoms with E-state index in [0.717, 1.165) is 0 Å². The quantitative estimate of drug-likeness (QED) is 0.335. The van der Waals surface area contributed by atoms with Crippen molar-refractivity contribution in [3.63, 3.8) is 0 Å². The molecule has 4 N–H and O–H groups in total. The van der Waals surface area contributed by atoms with Gasteiger partial charge in [0, 0.05) is 13.0 Å². The van der Waals surface area contributed by atoms with Crippen molar-refractivity contribution in [3.05, 3.63) is 29.8 Å². The molecule has 5 atom stereocenters. The second kappa shape index (κ2) is 10.2. The van der Waals surface area contributed by atoms with Crippen LogP contribution in [0.5, 0.6) is 11.5 Å². The molecule has 0 spiro atoms. The number of amides is 1. The summed E-state index contributed by atoms with van der Waals surface area (Å²) in [5.74, 6) is -0.455. The summed E-state index contributed by atoms with van der Waals surface area (Å²) in [5.41, 5.74) is 0.631. The molecule has 1 fully saturated rings. The minimum atomic E-state index is -1.43. The third kappa shape index (κ3) is 5.67. The van der Waals surface area contributed by atoms with Crippen molar-refractivity contribution in [1.82, 2.24) is 5.32 Å². The molecule has 0 radical (unpaired) electrons. The monoisotopic (exact) mass is 411 g/mol. The SMILES string of the molecule is COC(=O)/C=C/c1ccc(O[C@H]2O[C@@H](CO)[C@@H](O)[C@@H](O)[C@@H]2NC(C)=O)c(OC)c1. The van der Waals surface area contributed by atoms with Crippen molar-refractivity contribution in [1.29, 1.82) is 0 Å². The average Bonchev–Trinajstić information content (AvgIpc) is 2.71. The molecule has 1 heterocycles. The van der Waals surface area contributed by atoms with Crippen molar-refractivity contribution >= 4 is 18.0 Å². The van der Waals surface area contributed by atoms with E-state index in [0.29, 0.717) is 11.3 Å². The molecule has 160 valence electrons.